The van der Waals surface area contributed by atoms with Gasteiger partial charge in [-0.2, -0.15) is 0 Å². The van der Waals surface area contributed by atoms with E-state index in [9.17, 15) is 19.6 Å². The molecular weight excluding hydrogens is 540 g/mol. The summed E-state index contributed by atoms with van der Waals surface area (Å²) in [5.41, 5.74) is 1.33. The summed E-state index contributed by atoms with van der Waals surface area (Å²) in [5.74, 6) is -0.430. The summed E-state index contributed by atoms with van der Waals surface area (Å²) in [6.07, 6.45) is 1.32. The first kappa shape index (κ1) is 26.7. The lowest BCUT2D eigenvalue weighted by Gasteiger charge is -2.33. The van der Waals surface area contributed by atoms with Crippen molar-refractivity contribution < 1.29 is 24.3 Å². The molecule has 37 heavy (non-hydrogen) atoms. The molecule has 3 amide bonds. The summed E-state index contributed by atoms with van der Waals surface area (Å²) in [7, 11) is 1.55. The average molecular weight is 571 g/mol. The van der Waals surface area contributed by atoms with Crippen LogP contribution in [0.5, 0.6) is 0 Å². The zero-order valence-corrected chi connectivity index (χ0v) is 22.6. The molecule has 2 heterocycles. The van der Waals surface area contributed by atoms with Gasteiger partial charge in [0, 0.05) is 23.8 Å². The van der Waals surface area contributed by atoms with Gasteiger partial charge in [-0.25, -0.2) is 4.79 Å². The van der Waals surface area contributed by atoms with Crippen LogP contribution in [0.3, 0.4) is 0 Å². The molecular formula is C27H31BrN4O5. The highest BCUT2D eigenvalue weighted by Crippen LogP contribution is 2.47. The molecule has 0 aromatic heterocycles. The topological polar surface area (TPSA) is 112 Å². The highest BCUT2D eigenvalue weighted by atomic mass is 79.9. The molecule has 2 aromatic rings. The van der Waals surface area contributed by atoms with E-state index in [1.54, 1.807) is 11.9 Å². The molecule has 196 valence electrons. The van der Waals surface area contributed by atoms with Crippen molar-refractivity contribution in [2.75, 3.05) is 18.9 Å². The standard InChI is InChI=1S/C27H31BrN4O5/c1-17(2)11-23(31(3)26(35)37-15-18-7-5-4-6-8-18)24(33)32-16-27(13-20(32)14-29-36)21-12-19(28)9-10-22(21)30-25(27)34/h4-10,12,14,17,20,23,36H,11,13,15-16H2,1-3H3,(H,30,34)/b29-14+/t20-,23-,27-/m0/s1. The van der Waals surface area contributed by atoms with Crippen LogP contribution in [-0.4, -0.2) is 64.8 Å². The lowest BCUT2D eigenvalue weighted by molar-refractivity contribution is -0.136. The van der Waals surface area contributed by atoms with Crippen molar-refractivity contribution in [3.05, 3.63) is 64.1 Å². The lowest BCUT2D eigenvalue weighted by Crippen LogP contribution is -2.52. The number of fused-ring (bicyclic) bond motifs is 2. The van der Waals surface area contributed by atoms with Crippen LogP contribution >= 0.6 is 15.9 Å². The van der Waals surface area contributed by atoms with E-state index in [4.69, 9.17) is 4.74 Å². The number of nitrogens with one attached hydrogen (secondary N) is 1. The van der Waals surface area contributed by atoms with E-state index >= 15 is 0 Å². The normalized spacial score (nSPS) is 21.4. The van der Waals surface area contributed by atoms with Crippen LogP contribution in [0.25, 0.3) is 0 Å². The van der Waals surface area contributed by atoms with Crippen molar-refractivity contribution in [1.29, 1.82) is 0 Å². The molecule has 0 unspecified atom stereocenters. The Morgan fingerprint density at radius 1 is 1.30 bits per heavy atom. The summed E-state index contributed by atoms with van der Waals surface area (Å²) in [4.78, 5) is 43.1. The Morgan fingerprint density at radius 2 is 2.03 bits per heavy atom. The number of rotatable bonds is 7. The van der Waals surface area contributed by atoms with E-state index in [-0.39, 0.29) is 37.3 Å². The van der Waals surface area contributed by atoms with Crippen LogP contribution in [-0.2, 0) is 26.3 Å². The van der Waals surface area contributed by atoms with E-state index in [1.807, 2.05) is 62.4 Å². The Bertz CT molecular complexity index is 1200. The first-order valence-corrected chi connectivity index (χ1v) is 13.0. The zero-order chi connectivity index (χ0) is 26.7. The van der Waals surface area contributed by atoms with Crippen LogP contribution in [0.1, 0.15) is 37.8 Å². The van der Waals surface area contributed by atoms with Gasteiger partial charge in [0.25, 0.3) is 0 Å². The molecule has 1 spiro atoms. The van der Waals surface area contributed by atoms with Gasteiger partial charge < -0.3 is 20.2 Å². The molecule has 9 nitrogen and oxygen atoms in total. The van der Waals surface area contributed by atoms with Crippen LogP contribution in [0.15, 0.2) is 58.2 Å². The van der Waals surface area contributed by atoms with Crippen molar-refractivity contribution in [3.63, 3.8) is 0 Å². The molecule has 0 saturated carbocycles. The zero-order valence-electron chi connectivity index (χ0n) is 21.1. The number of likely N-dealkylation sites (N-methyl/N-ethyl adjacent to an activating group) is 1. The van der Waals surface area contributed by atoms with Crippen molar-refractivity contribution in [1.82, 2.24) is 9.80 Å². The maximum absolute atomic E-state index is 14.0. The molecule has 2 aliphatic heterocycles. The number of halogens is 1. The fourth-order valence-corrected chi connectivity index (χ4v) is 5.51. The molecule has 3 atom stereocenters. The Balaban J connectivity index is 1.60. The molecule has 1 saturated heterocycles. The van der Waals surface area contributed by atoms with Gasteiger partial charge in [-0.15, -0.1) is 0 Å². The summed E-state index contributed by atoms with van der Waals surface area (Å²) < 4.78 is 6.31. The largest absolute Gasteiger partial charge is 0.445 e. The maximum Gasteiger partial charge on any atom is 0.410 e. The number of hydrogen-bond acceptors (Lipinski definition) is 6. The Kier molecular flexibility index (Phi) is 7.87. The Hall–Kier alpha value is -3.40. The van der Waals surface area contributed by atoms with Crippen LogP contribution in [0.2, 0.25) is 0 Å². The number of carbonyl (C=O) groups excluding carboxylic acids is 3. The maximum atomic E-state index is 14.0. The molecule has 2 N–H and O–H groups in total. The fourth-order valence-electron chi connectivity index (χ4n) is 5.15. The highest BCUT2D eigenvalue weighted by Gasteiger charge is 2.56. The smallest absolute Gasteiger partial charge is 0.410 e. The molecule has 2 aliphatic rings. The van der Waals surface area contributed by atoms with Gasteiger partial charge in [0.15, 0.2) is 0 Å². The van der Waals surface area contributed by atoms with Gasteiger partial charge in [-0.3, -0.25) is 14.5 Å². The SMILES string of the molecule is CC(C)C[C@@H](C(=O)N1C[C@]2(C[C@H]1/C=N/O)C(=O)Nc1ccc(Br)cc12)N(C)C(=O)OCc1ccccc1. The summed E-state index contributed by atoms with van der Waals surface area (Å²) in [6, 6.07) is 13.4. The third-order valence-electron chi connectivity index (χ3n) is 7.04. The minimum atomic E-state index is -0.991. The van der Waals surface area contributed by atoms with Gasteiger partial charge in [-0.1, -0.05) is 65.3 Å². The third kappa shape index (κ3) is 5.34. The van der Waals surface area contributed by atoms with Gasteiger partial charge in [0.05, 0.1) is 17.7 Å². The van der Waals surface area contributed by atoms with E-state index in [1.165, 1.54) is 11.1 Å². The number of hydrogen-bond donors (Lipinski definition) is 2. The predicted molar refractivity (Wildman–Crippen MR) is 142 cm³/mol. The van der Waals surface area contributed by atoms with Crippen LogP contribution in [0.4, 0.5) is 10.5 Å². The molecule has 0 aliphatic carbocycles. The van der Waals surface area contributed by atoms with E-state index in [0.717, 1.165) is 15.6 Å². The van der Waals surface area contributed by atoms with E-state index in [0.29, 0.717) is 12.1 Å². The lowest BCUT2D eigenvalue weighted by atomic mass is 9.79. The second-order valence-electron chi connectivity index (χ2n) is 10.0. The number of oxime groups is 1. The molecule has 0 radical (unpaired) electrons. The Morgan fingerprint density at radius 3 is 2.70 bits per heavy atom. The first-order chi connectivity index (χ1) is 17.7. The van der Waals surface area contributed by atoms with Crippen molar-refractivity contribution >= 4 is 45.7 Å². The predicted octanol–water partition coefficient (Wildman–Crippen LogP) is 4.38. The molecule has 2 aromatic carbocycles. The van der Waals surface area contributed by atoms with Crippen molar-refractivity contribution in [3.8, 4) is 0 Å². The van der Waals surface area contributed by atoms with Crippen LogP contribution < -0.4 is 5.32 Å². The number of ether oxygens (including phenoxy) is 1. The van der Waals surface area contributed by atoms with Crippen molar-refractivity contribution in [2.45, 2.75) is 50.8 Å². The van der Waals surface area contributed by atoms with Gasteiger partial charge in [-0.05, 0) is 48.1 Å². The summed E-state index contributed by atoms with van der Waals surface area (Å²) >= 11 is 3.48. The minimum absolute atomic E-state index is 0.0883. The first-order valence-electron chi connectivity index (χ1n) is 12.2. The highest BCUT2D eigenvalue weighted by molar-refractivity contribution is 9.10. The number of amides is 3. The molecule has 0 bridgehead atoms. The van der Waals surface area contributed by atoms with Crippen LogP contribution in [0, 0.1) is 5.92 Å². The van der Waals surface area contributed by atoms with E-state index < -0.39 is 23.6 Å². The summed E-state index contributed by atoms with van der Waals surface area (Å²) in [6.45, 7) is 4.13. The molecule has 10 heteroatoms. The number of anilines is 1. The van der Waals surface area contributed by atoms with Gasteiger partial charge >= 0.3 is 6.09 Å². The quantitative estimate of drug-likeness (QED) is 0.291. The number of likely N-dealkylation sites (tertiary alicyclic amines) is 1. The monoisotopic (exact) mass is 570 g/mol. The number of benzene rings is 2. The second kappa shape index (κ2) is 10.9. The number of carbonyl (C=O) groups is 3. The fraction of sp³-hybridized carbons (Fsp3) is 0.407. The summed E-state index contributed by atoms with van der Waals surface area (Å²) in [5, 5.41) is 15.5. The average Bonchev–Trinajstić information content (AvgIpc) is 3.38. The minimum Gasteiger partial charge on any atom is -0.445 e. The van der Waals surface area contributed by atoms with Crippen molar-refractivity contribution in [2.24, 2.45) is 11.1 Å². The number of nitrogens with zero attached hydrogens (tertiary/aromatic N) is 3. The molecule has 1 fully saturated rings. The Labute approximate surface area is 224 Å². The van der Waals surface area contributed by atoms with Gasteiger partial charge in [0.2, 0.25) is 11.8 Å². The van der Waals surface area contributed by atoms with E-state index in [2.05, 4.69) is 26.4 Å². The third-order valence-corrected chi connectivity index (χ3v) is 7.53. The molecule has 4 rings (SSSR count). The van der Waals surface area contributed by atoms with Gasteiger partial charge in [0.1, 0.15) is 12.6 Å². The second-order valence-corrected chi connectivity index (χ2v) is 10.9.